The largest absolute Gasteiger partial charge is 0.350 e. The van der Waals surface area contributed by atoms with Crippen LogP contribution in [0.15, 0.2) is 115 Å². The summed E-state index contributed by atoms with van der Waals surface area (Å²) >= 11 is 0. The van der Waals surface area contributed by atoms with Crippen molar-refractivity contribution in [3.63, 3.8) is 0 Å². The molecule has 0 saturated carbocycles. The van der Waals surface area contributed by atoms with Crippen molar-refractivity contribution < 1.29 is 14.4 Å². The van der Waals surface area contributed by atoms with E-state index in [-0.39, 0.29) is 12.5 Å². The third-order valence-electron chi connectivity index (χ3n) is 6.24. The summed E-state index contributed by atoms with van der Waals surface area (Å²) in [5.41, 5.74) is 3.43. The van der Waals surface area contributed by atoms with Gasteiger partial charge >= 0.3 is 0 Å². The van der Waals surface area contributed by atoms with Crippen molar-refractivity contribution in [2.24, 2.45) is 0 Å². The highest BCUT2D eigenvalue weighted by molar-refractivity contribution is 6.22. The highest BCUT2D eigenvalue weighted by Crippen LogP contribution is 2.36. The van der Waals surface area contributed by atoms with E-state index in [0.29, 0.717) is 11.4 Å². The number of hydrogen-bond donors (Lipinski definition) is 2. The first kappa shape index (κ1) is 23.1. The molecule has 2 N–H and O–H groups in total. The van der Waals surface area contributed by atoms with Crippen LogP contribution in [0, 0.1) is 0 Å². The van der Waals surface area contributed by atoms with Gasteiger partial charge in [0.15, 0.2) is 6.04 Å². The molecule has 1 atom stereocenters. The Hall–Kier alpha value is -4.71. The normalized spacial score (nSPS) is 14.6. The average molecular weight is 476 g/mol. The van der Waals surface area contributed by atoms with Gasteiger partial charge in [0.1, 0.15) is 0 Å². The second-order valence-electron chi connectivity index (χ2n) is 8.57. The molecule has 4 aromatic rings. The topological polar surface area (TPSA) is 78.5 Å². The summed E-state index contributed by atoms with van der Waals surface area (Å²) in [7, 11) is 0. The van der Waals surface area contributed by atoms with Gasteiger partial charge in [-0.15, -0.1) is 0 Å². The van der Waals surface area contributed by atoms with E-state index in [1.165, 1.54) is 4.90 Å². The molecule has 0 spiro atoms. The van der Waals surface area contributed by atoms with E-state index in [1.54, 1.807) is 24.3 Å². The molecule has 0 radical (unpaired) electrons. The Morgan fingerprint density at radius 3 is 1.89 bits per heavy atom. The van der Waals surface area contributed by atoms with Gasteiger partial charge in [0.05, 0.1) is 17.3 Å². The predicted molar refractivity (Wildman–Crippen MR) is 139 cm³/mol. The van der Waals surface area contributed by atoms with E-state index in [0.717, 1.165) is 16.7 Å². The zero-order chi connectivity index (χ0) is 24.9. The number of para-hydroxylation sites is 2. The van der Waals surface area contributed by atoms with Gasteiger partial charge in [-0.2, -0.15) is 0 Å². The summed E-state index contributed by atoms with van der Waals surface area (Å²) in [5.74, 6) is -2.14. The Balaban J connectivity index is 1.56. The van der Waals surface area contributed by atoms with Crippen molar-refractivity contribution in [2.45, 2.75) is 18.5 Å². The smallest absolute Gasteiger partial charge is 0.257 e. The molecule has 36 heavy (non-hydrogen) atoms. The van der Waals surface area contributed by atoms with Gasteiger partial charge in [0.2, 0.25) is 5.91 Å². The Morgan fingerprint density at radius 2 is 1.28 bits per heavy atom. The summed E-state index contributed by atoms with van der Waals surface area (Å²) in [6.45, 7) is 0.244. The fourth-order valence-electron chi connectivity index (χ4n) is 4.52. The Labute approximate surface area is 209 Å². The molecule has 1 aliphatic heterocycles. The minimum Gasteiger partial charge on any atom is -0.350 e. The standard InChI is InChI=1S/C30H25N3O3/c34-28(31-20-21-12-4-1-5-13-21)27-29(35)32-24-18-10-11-19-25(24)33(27)30(36)26(22-14-6-2-7-15-22)23-16-8-3-9-17-23/h1-19,26-27H,20H2,(H,31,34)(H,32,35). The summed E-state index contributed by atoms with van der Waals surface area (Å²) in [4.78, 5) is 42.4. The number of fused-ring (bicyclic) bond motifs is 1. The summed E-state index contributed by atoms with van der Waals surface area (Å²) in [6.07, 6.45) is 0. The van der Waals surface area contributed by atoms with Crippen LogP contribution in [0.2, 0.25) is 0 Å². The van der Waals surface area contributed by atoms with Crippen LogP contribution in [-0.2, 0) is 20.9 Å². The number of anilines is 2. The number of amides is 3. The number of carbonyl (C=O) groups excluding carboxylic acids is 3. The van der Waals surface area contributed by atoms with Crippen molar-refractivity contribution >= 4 is 29.1 Å². The van der Waals surface area contributed by atoms with Crippen molar-refractivity contribution in [1.29, 1.82) is 0 Å². The molecular formula is C30H25N3O3. The van der Waals surface area contributed by atoms with Crippen LogP contribution in [0.25, 0.3) is 0 Å². The first-order valence-electron chi connectivity index (χ1n) is 11.8. The monoisotopic (exact) mass is 475 g/mol. The SMILES string of the molecule is O=C(NCc1ccccc1)C1C(=O)Nc2ccccc2N1C(=O)C(c1ccccc1)c1ccccc1. The van der Waals surface area contributed by atoms with Gasteiger partial charge < -0.3 is 10.6 Å². The molecule has 0 fully saturated rings. The molecule has 0 aromatic heterocycles. The van der Waals surface area contributed by atoms with Crippen molar-refractivity contribution in [3.05, 3.63) is 132 Å². The molecule has 1 heterocycles. The molecule has 4 aromatic carbocycles. The lowest BCUT2D eigenvalue weighted by Crippen LogP contribution is -2.59. The van der Waals surface area contributed by atoms with Gasteiger partial charge in [-0.1, -0.05) is 103 Å². The van der Waals surface area contributed by atoms with Crippen LogP contribution in [0.1, 0.15) is 22.6 Å². The van der Waals surface area contributed by atoms with Crippen molar-refractivity contribution in [1.82, 2.24) is 5.32 Å². The number of nitrogens with one attached hydrogen (secondary N) is 2. The zero-order valence-electron chi connectivity index (χ0n) is 19.5. The van der Waals surface area contributed by atoms with Crippen molar-refractivity contribution in [3.8, 4) is 0 Å². The lowest BCUT2D eigenvalue weighted by atomic mass is 9.88. The average Bonchev–Trinajstić information content (AvgIpc) is 2.93. The summed E-state index contributed by atoms with van der Waals surface area (Å²) < 4.78 is 0. The van der Waals surface area contributed by atoms with Crippen LogP contribution in [0.4, 0.5) is 11.4 Å². The van der Waals surface area contributed by atoms with Crippen molar-refractivity contribution in [2.75, 3.05) is 10.2 Å². The van der Waals surface area contributed by atoms with Crippen LogP contribution < -0.4 is 15.5 Å². The first-order chi connectivity index (χ1) is 17.6. The molecule has 0 saturated heterocycles. The van der Waals surface area contributed by atoms with Gasteiger partial charge in [0, 0.05) is 6.54 Å². The molecule has 5 rings (SSSR count). The van der Waals surface area contributed by atoms with E-state index in [9.17, 15) is 14.4 Å². The summed E-state index contributed by atoms with van der Waals surface area (Å²) in [5, 5.41) is 5.64. The van der Waals surface area contributed by atoms with E-state index < -0.39 is 23.8 Å². The molecule has 0 bridgehead atoms. The highest BCUT2D eigenvalue weighted by atomic mass is 16.2. The lowest BCUT2D eigenvalue weighted by molar-refractivity contribution is -0.132. The fraction of sp³-hybridized carbons (Fsp3) is 0.100. The minimum atomic E-state index is -1.36. The minimum absolute atomic E-state index is 0.244. The molecule has 3 amide bonds. The highest BCUT2D eigenvalue weighted by Gasteiger charge is 2.44. The van der Waals surface area contributed by atoms with E-state index in [2.05, 4.69) is 10.6 Å². The number of hydrogen-bond acceptors (Lipinski definition) is 3. The van der Waals surface area contributed by atoms with E-state index >= 15 is 0 Å². The molecule has 6 heteroatoms. The predicted octanol–water partition coefficient (Wildman–Crippen LogP) is 4.49. The fourth-order valence-corrected chi connectivity index (χ4v) is 4.52. The van der Waals surface area contributed by atoms with Crippen LogP contribution >= 0.6 is 0 Å². The third kappa shape index (κ3) is 4.61. The Bertz CT molecular complexity index is 1330. The van der Waals surface area contributed by atoms with E-state index in [1.807, 2.05) is 91.0 Å². The second-order valence-corrected chi connectivity index (χ2v) is 8.57. The third-order valence-corrected chi connectivity index (χ3v) is 6.24. The Kier molecular flexibility index (Phi) is 6.58. The molecule has 178 valence electrons. The molecule has 6 nitrogen and oxygen atoms in total. The lowest BCUT2D eigenvalue weighted by Gasteiger charge is -2.37. The van der Waals surface area contributed by atoms with Gasteiger partial charge in [-0.3, -0.25) is 19.3 Å². The van der Waals surface area contributed by atoms with E-state index in [4.69, 9.17) is 0 Å². The second kappa shape index (κ2) is 10.3. The van der Waals surface area contributed by atoms with Gasteiger partial charge in [-0.05, 0) is 28.8 Å². The number of rotatable bonds is 6. The maximum absolute atomic E-state index is 14.4. The van der Waals surface area contributed by atoms with Crippen LogP contribution in [0.3, 0.4) is 0 Å². The number of nitrogens with zero attached hydrogens (tertiary/aromatic N) is 1. The first-order valence-corrected chi connectivity index (χ1v) is 11.8. The quantitative estimate of drug-likeness (QED) is 0.404. The van der Waals surface area contributed by atoms with Gasteiger partial charge in [-0.25, -0.2) is 0 Å². The van der Waals surface area contributed by atoms with Gasteiger partial charge in [0.25, 0.3) is 11.8 Å². The zero-order valence-corrected chi connectivity index (χ0v) is 19.5. The van der Waals surface area contributed by atoms with Crippen LogP contribution in [-0.4, -0.2) is 23.8 Å². The molecule has 1 aliphatic rings. The number of benzene rings is 4. The summed E-state index contributed by atoms with van der Waals surface area (Å²) in [6, 6.07) is 33.9. The Morgan fingerprint density at radius 1 is 0.750 bits per heavy atom. The molecule has 1 unspecified atom stereocenters. The molecular weight excluding hydrogens is 450 g/mol. The maximum Gasteiger partial charge on any atom is 0.257 e. The van der Waals surface area contributed by atoms with Crippen LogP contribution in [0.5, 0.6) is 0 Å². The maximum atomic E-state index is 14.4. The number of carbonyl (C=O) groups is 3. The molecule has 0 aliphatic carbocycles.